The highest BCUT2D eigenvalue weighted by molar-refractivity contribution is 7.80. The monoisotopic (exact) mass is 242 g/mol. The van der Waals surface area contributed by atoms with Crippen LogP contribution >= 0.6 is 12.2 Å². The number of benzene rings is 1. The second-order valence-corrected chi connectivity index (χ2v) is 3.77. The normalized spacial score (nSPS) is 11.9. The van der Waals surface area contributed by atoms with Crippen molar-refractivity contribution in [3.05, 3.63) is 30.1 Å². The predicted molar refractivity (Wildman–Crippen MR) is 66.9 cm³/mol. The van der Waals surface area contributed by atoms with Gasteiger partial charge < -0.3 is 15.7 Å². The number of hydrogen-bond donors (Lipinski definition) is 3. The van der Waals surface area contributed by atoms with Crippen LogP contribution < -0.4 is 10.6 Å². The quantitative estimate of drug-likeness (QED) is 0.705. The van der Waals surface area contributed by atoms with Crippen molar-refractivity contribution >= 4 is 23.0 Å². The van der Waals surface area contributed by atoms with Crippen LogP contribution in [0, 0.1) is 5.82 Å². The summed E-state index contributed by atoms with van der Waals surface area (Å²) >= 11 is 5.00. The number of thiocarbonyl (C=S) groups is 1. The second-order valence-electron chi connectivity index (χ2n) is 3.37. The van der Waals surface area contributed by atoms with E-state index in [-0.39, 0.29) is 18.5 Å². The molecule has 3 N–H and O–H groups in total. The third kappa shape index (κ3) is 3.75. The van der Waals surface area contributed by atoms with Gasteiger partial charge >= 0.3 is 0 Å². The highest BCUT2D eigenvalue weighted by atomic mass is 32.1. The standard InChI is InChI=1S/C11H15FN2OS/c1-2-8(7-15)13-11(16)14-10-6-4-3-5-9(10)12/h3-6,8,15H,2,7H2,1H3,(H2,13,14,16)/t8-/m0/s1. The minimum atomic E-state index is -0.358. The van der Waals surface area contributed by atoms with Gasteiger partial charge in [0.05, 0.1) is 18.3 Å². The number of hydrogen-bond acceptors (Lipinski definition) is 2. The van der Waals surface area contributed by atoms with Crippen LogP contribution in [-0.4, -0.2) is 22.9 Å². The van der Waals surface area contributed by atoms with Crippen LogP contribution in [0.5, 0.6) is 0 Å². The summed E-state index contributed by atoms with van der Waals surface area (Å²) in [7, 11) is 0. The average molecular weight is 242 g/mol. The van der Waals surface area contributed by atoms with Gasteiger partial charge in [0.1, 0.15) is 5.82 Å². The molecule has 0 aliphatic rings. The summed E-state index contributed by atoms with van der Waals surface area (Å²) in [6.45, 7) is 1.93. The van der Waals surface area contributed by atoms with Gasteiger partial charge in [0.25, 0.3) is 0 Å². The van der Waals surface area contributed by atoms with Crippen molar-refractivity contribution in [2.75, 3.05) is 11.9 Å². The molecule has 1 atom stereocenters. The molecule has 0 aliphatic heterocycles. The maximum absolute atomic E-state index is 13.3. The fraction of sp³-hybridized carbons (Fsp3) is 0.364. The first-order valence-electron chi connectivity index (χ1n) is 5.10. The molecule has 0 unspecified atom stereocenters. The van der Waals surface area contributed by atoms with Crippen molar-refractivity contribution in [1.82, 2.24) is 5.32 Å². The highest BCUT2D eigenvalue weighted by Crippen LogP contribution is 2.11. The van der Waals surface area contributed by atoms with Crippen molar-refractivity contribution in [2.24, 2.45) is 0 Å². The predicted octanol–water partition coefficient (Wildman–Crippen LogP) is 1.88. The maximum atomic E-state index is 13.3. The lowest BCUT2D eigenvalue weighted by molar-refractivity contribution is 0.253. The Morgan fingerprint density at radius 2 is 2.19 bits per heavy atom. The van der Waals surface area contributed by atoms with Gasteiger partial charge in [-0.15, -0.1) is 0 Å². The Bertz CT molecular complexity index is 356. The summed E-state index contributed by atoms with van der Waals surface area (Å²) in [5.74, 6) is -0.358. The molecule has 0 amide bonds. The average Bonchev–Trinajstić information content (AvgIpc) is 2.29. The molecular weight excluding hydrogens is 227 g/mol. The Kier molecular flexibility index (Phi) is 5.14. The van der Waals surface area contributed by atoms with Crippen molar-refractivity contribution in [3.8, 4) is 0 Å². The molecule has 0 saturated heterocycles. The van der Waals surface area contributed by atoms with E-state index in [1.807, 2.05) is 6.92 Å². The SMILES string of the molecule is CC[C@@H](CO)NC(=S)Nc1ccccc1F. The Balaban J connectivity index is 2.55. The molecule has 1 aromatic carbocycles. The van der Waals surface area contributed by atoms with Crippen LogP contribution in [0.25, 0.3) is 0 Å². The fourth-order valence-electron chi connectivity index (χ4n) is 1.18. The molecule has 16 heavy (non-hydrogen) atoms. The zero-order valence-electron chi connectivity index (χ0n) is 9.03. The Morgan fingerprint density at radius 3 is 2.75 bits per heavy atom. The largest absolute Gasteiger partial charge is 0.394 e. The molecule has 0 radical (unpaired) electrons. The van der Waals surface area contributed by atoms with E-state index in [0.29, 0.717) is 10.8 Å². The van der Waals surface area contributed by atoms with Crippen LogP contribution in [0.3, 0.4) is 0 Å². The smallest absolute Gasteiger partial charge is 0.171 e. The molecule has 0 fully saturated rings. The van der Waals surface area contributed by atoms with Crippen molar-refractivity contribution in [3.63, 3.8) is 0 Å². The molecule has 0 bridgehead atoms. The molecule has 5 heteroatoms. The van der Waals surface area contributed by atoms with Crippen molar-refractivity contribution in [1.29, 1.82) is 0 Å². The zero-order chi connectivity index (χ0) is 12.0. The van der Waals surface area contributed by atoms with Gasteiger partial charge in [0, 0.05) is 0 Å². The summed E-state index contributed by atoms with van der Waals surface area (Å²) in [6.07, 6.45) is 0.746. The number of rotatable bonds is 4. The lowest BCUT2D eigenvalue weighted by Gasteiger charge is -2.17. The minimum absolute atomic E-state index is 0.00437. The topological polar surface area (TPSA) is 44.3 Å². The van der Waals surface area contributed by atoms with E-state index in [1.54, 1.807) is 18.2 Å². The molecule has 3 nitrogen and oxygen atoms in total. The number of halogens is 1. The minimum Gasteiger partial charge on any atom is -0.394 e. The summed E-state index contributed by atoms with van der Waals surface area (Å²) < 4.78 is 13.3. The summed E-state index contributed by atoms with van der Waals surface area (Å²) in [4.78, 5) is 0. The zero-order valence-corrected chi connectivity index (χ0v) is 9.85. The molecule has 1 rings (SSSR count). The Labute approximate surface area is 99.7 Å². The number of para-hydroxylation sites is 1. The molecule has 0 aliphatic carbocycles. The summed E-state index contributed by atoms with van der Waals surface area (Å²) in [6, 6.07) is 6.18. The van der Waals surface area contributed by atoms with Gasteiger partial charge in [-0.3, -0.25) is 0 Å². The first-order chi connectivity index (χ1) is 7.67. The van der Waals surface area contributed by atoms with Gasteiger partial charge in [-0.25, -0.2) is 4.39 Å². The van der Waals surface area contributed by atoms with E-state index in [9.17, 15) is 4.39 Å². The summed E-state index contributed by atoms with van der Waals surface area (Å²) in [5, 5.41) is 14.9. The third-order valence-corrected chi connectivity index (χ3v) is 2.39. The molecule has 0 spiro atoms. The van der Waals surface area contributed by atoms with Gasteiger partial charge in [-0.2, -0.15) is 0 Å². The van der Waals surface area contributed by atoms with Crippen LogP contribution in [0.4, 0.5) is 10.1 Å². The van der Waals surface area contributed by atoms with Crippen LogP contribution in [-0.2, 0) is 0 Å². The molecular formula is C11H15FN2OS. The van der Waals surface area contributed by atoms with E-state index in [1.165, 1.54) is 6.07 Å². The van der Waals surface area contributed by atoms with E-state index in [0.717, 1.165) is 6.42 Å². The van der Waals surface area contributed by atoms with Gasteiger partial charge in [0.2, 0.25) is 0 Å². The Morgan fingerprint density at radius 1 is 1.50 bits per heavy atom. The number of nitrogens with one attached hydrogen (secondary N) is 2. The second kappa shape index (κ2) is 6.40. The lowest BCUT2D eigenvalue weighted by atomic mass is 10.2. The van der Waals surface area contributed by atoms with E-state index in [2.05, 4.69) is 10.6 Å². The first kappa shape index (κ1) is 12.9. The Hall–Kier alpha value is -1.20. The number of aliphatic hydroxyl groups excluding tert-OH is 1. The van der Waals surface area contributed by atoms with Crippen molar-refractivity contribution in [2.45, 2.75) is 19.4 Å². The molecule has 1 aromatic rings. The molecule has 0 aromatic heterocycles. The van der Waals surface area contributed by atoms with Crippen LogP contribution in [0.2, 0.25) is 0 Å². The van der Waals surface area contributed by atoms with Crippen LogP contribution in [0.1, 0.15) is 13.3 Å². The van der Waals surface area contributed by atoms with E-state index < -0.39 is 0 Å². The van der Waals surface area contributed by atoms with E-state index in [4.69, 9.17) is 17.3 Å². The maximum Gasteiger partial charge on any atom is 0.171 e. The third-order valence-electron chi connectivity index (χ3n) is 2.17. The van der Waals surface area contributed by atoms with Gasteiger partial charge in [-0.1, -0.05) is 19.1 Å². The van der Waals surface area contributed by atoms with E-state index >= 15 is 0 Å². The van der Waals surface area contributed by atoms with Gasteiger partial charge in [0.15, 0.2) is 5.11 Å². The molecule has 0 heterocycles. The number of anilines is 1. The first-order valence-corrected chi connectivity index (χ1v) is 5.51. The highest BCUT2D eigenvalue weighted by Gasteiger charge is 2.07. The lowest BCUT2D eigenvalue weighted by Crippen LogP contribution is -2.39. The molecule has 88 valence electrons. The van der Waals surface area contributed by atoms with Crippen molar-refractivity contribution < 1.29 is 9.50 Å². The van der Waals surface area contributed by atoms with Gasteiger partial charge in [-0.05, 0) is 30.8 Å². The number of aliphatic hydroxyl groups is 1. The fourth-order valence-corrected chi connectivity index (χ4v) is 1.46. The summed E-state index contributed by atoms with van der Waals surface area (Å²) in [5.41, 5.74) is 0.327. The van der Waals surface area contributed by atoms with Crippen LogP contribution in [0.15, 0.2) is 24.3 Å². The molecule has 0 saturated carbocycles.